The maximum absolute atomic E-state index is 13.6. The molecule has 9 heteroatoms. The predicted octanol–water partition coefficient (Wildman–Crippen LogP) is 4.98. The Bertz CT molecular complexity index is 946. The maximum Gasteiger partial charge on any atom is 0.418 e. The zero-order valence-electron chi connectivity index (χ0n) is 16.1. The predicted molar refractivity (Wildman–Crippen MR) is 102 cm³/mol. The van der Waals surface area contributed by atoms with Crippen LogP contribution >= 0.6 is 0 Å². The Morgan fingerprint density at radius 1 is 1.17 bits per heavy atom. The highest BCUT2D eigenvalue weighted by Crippen LogP contribution is 2.35. The number of carbonyl (C=O) groups is 2. The second kappa shape index (κ2) is 8.73. The van der Waals surface area contributed by atoms with Crippen molar-refractivity contribution in [1.29, 1.82) is 0 Å². The number of para-hydroxylation sites is 1. The first kappa shape index (κ1) is 21.6. The third kappa shape index (κ3) is 4.72. The number of anilines is 1. The molecule has 0 aromatic heterocycles. The van der Waals surface area contributed by atoms with Gasteiger partial charge in [0, 0.05) is 19.0 Å². The molecule has 160 valence electrons. The third-order valence-electron chi connectivity index (χ3n) is 4.98. The summed E-state index contributed by atoms with van der Waals surface area (Å²) >= 11 is 0. The average molecular weight is 424 g/mol. The first-order valence-corrected chi connectivity index (χ1v) is 9.30. The van der Waals surface area contributed by atoms with E-state index < -0.39 is 29.5 Å². The molecule has 1 aliphatic heterocycles. The summed E-state index contributed by atoms with van der Waals surface area (Å²) in [5.74, 6) is -1.35. The van der Waals surface area contributed by atoms with E-state index in [2.05, 4.69) is 5.32 Å². The Kier molecular flexibility index (Phi) is 6.28. The van der Waals surface area contributed by atoms with Crippen LogP contribution in [0.5, 0.6) is 5.75 Å². The summed E-state index contributed by atoms with van der Waals surface area (Å²) in [6, 6.07) is 7.57. The maximum atomic E-state index is 13.6. The van der Waals surface area contributed by atoms with Crippen molar-refractivity contribution in [1.82, 2.24) is 4.90 Å². The van der Waals surface area contributed by atoms with E-state index in [4.69, 9.17) is 4.74 Å². The van der Waals surface area contributed by atoms with Crippen LogP contribution in [0.3, 0.4) is 0 Å². The van der Waals surface area contributed by atoms with Gasteiger partial charge in [0.15, 0.2) is 5.78 Å². The fourth-order valence-corrected chi connectivity index (χ4v) is 3.50. The van der Waals surface area contributed by atoms with Crippen LogP contribution in [0.4, 0.5) is 28.0 Å². The van der Waals surface area contributed by atoms with Crippen LogP contribution in [0.15, 0.2) is 42.5 Å². The minimum Gasteiger partial charge on any atom is -0.496 e. The number of carbonyl (C=O) groups excluding carboxylic acids is 2. The number of ketones is 1. The van der Waals surface area contributed by atoms with Gasteiger partial charge in [0.1, 0.15) is 11.6 Å². The molecule has 1 saturated heterocycles. The van der Waals surface area contributed by atoms with Gasteiger partial charge in [0.2, 0.25) is 0 Å². The first-order valence-electron chi connectivity index (χ1n) is 9.30. The smallest absolute Gasteiger partial charge is 0.418 e. The number of hydrogen-bond acceptors (Lipinski definition) is 3. The summed E-state index contributed by atoms with van der Waals surface area (Å²) in [5, 5.41) is 2.29. The van der Waals surface area contributed by atoms with Crippen LogP contribution in [0, 0.1) is 11.7 Å². The number of nitrogens with one attached hydrogen (secondary N) is 1. The second-order valence-electron chi connectivity index (χ2n) is 6.97. The zero-order valence-corrected chi connectivity index (χ0v) is 16.1. The monoisotopic (exact) mass is 424 g/mol. The Morgan fingerprint density at radius 2 is 1.90 bits per heavy atom. The standard InChI is InChI=1S/C21H20F4N2O3/c1-30-18-9-8-14(22)11-15(18)19(28)13-5-4-10-27(12-13)20(29)26-17-7-3-2-6-16(17)21(23,24)25/h2-3,6-9,11,13H,4-5,10,12H2,1H3,(H,26,29). The van der Waals surface area contributed by atoms with Gasteiger partial charge in [-0.3, -0.25) is 4.79 Å². The molecule has 2 aromatic rings. The van der Waals surface area contributed by atoms with Crippen molar-refractivity contribution in [2.45, 2.75) is 19.0 Å². The minimum absolute atomic E-state index is 0.0124. The van der Waals surface area contributed by atoms with Gasteiger partial charge < -0.3 is 15.0 Å². The number of urea groups is 1. The lowest BCUT2D eigenvalue weighted by molar-refractivity contribution is -0.136. The molecule has 0 radical (unpaired) electrons. The highest BCUT2D eigenvalue weighted by molar-refractivity contribution is 6.01. The normalized spacial score (nSPS) is 16.8. The number of piperidine rings is 1. The number of amides is 2. The van der Waals surface area contributed by atoms with Crippen molar-refractivity contribution in [3.05, 3.63) is 59.4 Å². The van der Waals surface area contributed by atoms with Crippen molar-refractivity contribution < 1.29 is 31.9 Å². The van der Waals surface area contributed by atoms with Crippen molar-refractivity contribution in [2.75, 3.05) is 25.5 Å². The van der Waals surface area contributed by atoms with Crippen LogP contribution in [0.2, 0.25) is 0 Å². The molecule has 1 atom stereocenters. The molecule has 3 rings (SSSR count). The molecule has 2 amide bonds. The summed E-state index contributed by atoms with van der Waals surface area (Å²) in [7, 11) is 1.36. The van der Waals surface area contributed by atoms with E-state index in [1.54, 1.807) is 0 Å². The van der Waals surface area contributed by atoms with Gasteiger partial charge in [-0.2, -0.15) is 13.2 Å². The molecule has 0 saturated carbocycles. The summed E-state index contributed by atoms with van der Waals surface area (Å²) in [6.45, 7) is 0.308. The number of rotatable bonds is 4. The lowest BCUT2D eigenvalue weighted by Gasteiger charge is -2.32. The number of alkyl halides is 3. The molecule has 2 aromatic carbocycles. The summed E-state index contributed by atoms with van der Waals surface area (Å²) in [4.78, 5) is 26.8. The number of Topliss-reactive ketones (excluding diaryl/α,β-unsaturated/α-hetero) is 1. The fourth-order valence-electron chi connectivity index (χ4n) is 3.50. The largest absolute Gasteiger partial charge is 0.496 e. The third-order valence-corrected chi connectivity index (χ3v) is 4.98. The topological polar surface area (TPSA) is 58.6 Å². The molecule has 1 fully saturated rings. The highest BCUT2D eigenvalue weighted by Gasteiger charge is 2.35. The first-order chi connectivity index (χ1) is 14.2. The van der Waals surface area contributed by atoms with Gasteiger partial charge in [-0.15, -0.1) is 0 Å². The van der Waals surface area contributed by atoms with Crippen LogP contribution in [0.1, 0.15) is 28.8 Å². The molecule has 1 aliphatic rings. The van der Waals surface area contributed by atoms with Gasteiger partial charge in [-0.05, 0) is 43.2 Å². The number of benzene rings is 2. The van der Waals surface area contributed by atoms with E-state index in [9.17, 15) is 27.2 Å². The quantitative estimate of drug-likeness (QED) is 0.556. The fraction of sp³-hybridized carbons (Fsp3) is 0.333. The average Bonchev–Trinajstić information content (AvgIpc) is 2.73. The summed E-state index contributed by atoms with van der Waals surface area (Å²) in [5.41, 5.74) is -1.23. The van der Waals surface area contributed by atoms with Gasteiger partial charge >= 0.3 is 12.2 Å². The molecule has 0 aliphatic carbocycles. The van der Waals surface area contributed by atoms with Crippen molar-refractivity contribution in [3.8, 4) is 5.75 Å². The molecule has 1 unspecified atom stereocenters. The lowest BCUT2D eigenvalue weighted by atomic mass is 9.89. The number of methoxy groups -OCH3 is 1. The van der Waals surface area contributed by atoms with Crippen molar-refractivity contribution in [3.63, 3.8) is 0 Å². The van der Waals surface area contributed by atoms with E-state index in [1.165, 1.54) is 42.3 Å². The number of nitrogens with zero attached hydrogens (tertiary/aromatic N) is 1. The molecule has 1 heterocycles. The highest BCUT2D eigenvalue weighted by atomic mass is 19.4. The van der Waals surface area contributed by atoms with Crippen molar-refractivity contribution in [2.24, 2.45) is 5.92 Å². The molecule has 1 N–H and O–H groups in total. The van der Waals surface area contributed by atoms with Crippen LogP contribution in [0.25, 0.3) is 0 Å². The number of likely N-dealkylation sites (tertiary alicyclic amines) is 1. The molecular formula is C21H20F4N2O3. The van der Waals surface area contributed by atoms with Crippen LogP contribution < -0.4 is 10.1 Å². The van der Waals surface area contributed by atoms with Crippen molar-refractivity contribution >= 4 is 17.5 Å². The Hall–Kier alpha value is -3.10. The number of hydrogen-bond donors (Lipinski definition) is 1. The minimum atomic E-state index is -4.61. The summed E-state index contributed by atoms with van der Waals surface area (Å²) in [6.07, 6.45) is -3.65. The van der Waals surface area contributed by atoms with Crippen LogP contribution in [-0.2, 0) is 6.18 Å². The van der Waals surface area contributed by atoms with E-state index in [0.717, 1.165) is 12.1 Å². The SMILES string of the molecule is COc1ccc(F)cc1C(=O)C1CCCN(C(=O)Nc2ccccc2C(F)(F)F)C1. The molecule has 0 bridgehead atoms. The van der Waals surface area contributed by atoms with Crippen LogP contribution in [-0.4, -0.2) is 36.9 Å². The van der Waals surface area contributed by atoms with E-state index in [0.29, 0.717) is 19.4 Å². The molecule has 0 spiro atoms. The van der Waals surface area contributed by atoms with E-state index >= 15 is 0 Å². The van der Waals surface area contributed by atoms with E-state index in [-0.39, 0.29) is 29.3 Å². The van der Waals surface area contributed by atoms with Gasteiger partial charge in [0.05, 0.1) is 23.9 Å². The zero-order chi connectivity index (χ0) is 21.9. The number of halogens is 4. The molecule has 30 heavy (non-hydrogen) atoms. The Balaban J connectivity index is 1.75. The van der Waals surface area contributed by atoms with E-state index in [1.807, 2.05) is 0 Å². The number of ether oxygens (including phenoxy) is 1. The second-order valence-corrected chi connectivity index (χ2v) is 6.97. The molecular weight excluding hydrogens is 404 g/mol. The lowest BCUT2D eigenvalue weighted by Crippen LogP contribution is -2.44. The molecule has 5 nitrogen and oxygen atoms in total. The van der Waals surface area contributed by atoms with Gasteiger partial charge in [-0.1, -0.05) is 12.1 Å². The Morgan fingerprint density at radius 3 is 2.60 bits per heavy atom. The Labute approximate surface area is 170 Å². The summed E-state index contributed by atoms with van der Waals surface area (Å²) < 4.78 is 58.2. The van der Waals surface area contributed by atoms with Gasteiger partial charge in [0.25, 0.3) is 0 Å². The van der Waals surface area contributed by atoms with Gasteiger partial charge in [-0.25, -0.2) is 9.18 Å².